The van der Waals surface area contributed by atoms with Gasteiger partial charge in [-0.2, -0.15) is 0 Å². The molecule has 1 aromatic carbocycles. The van der Waals surface area contributed by atoms with E-state index >= 15 is 0 Å². The summed E-state index contributed by atoms with van der Waals surface area (Å²) in [6, 6.07) is 5.48. The molecule has 7 heteroatoms. The van der Waals surface area contributed by atoms with Gasteiger partial charge < -0.3 is 20.3 Å². The zero-order valence-corrected chi connectivity index (χ0v) is 14.0. The van der Waals surface area contributed by atoms with E-state index in [2.05, 4.69) is 5.32 Å². The van der Waals surface area contributed by atoms with Gasteiger partial charge in [-0.3, -0.25) is 4.79 Å². The minimum Gasteiger partial charge on any atom is -0.481 e. The molecule has 1 fully saturated rings. The van der Waals surface area contributed by atoms with Crippen LogP contribution >= 0.6 is 23.6 Å². The molecule has 3 unspecified atom stereocenters. The van der Waals surface area contributed by atoms with E-state index in [0.717, 1.165) is 17.1 Å². The number of hydrogen-bond donors (Lipinski definition) is 3. The summed E-state index contributed by atoms with van der Waals surface area (Å²) < 4.78 is 5.79. The van der Waals surface area contributed by atoms with E-state index in [1.807, 2.05) is 25.1 Å². The molecule has 5 nitrogen and oxygen atoms in total. The van der Waals surface area contributed by atoms with E-state index < -0.39 is 5.97 Å². The predicted molar refractivity (Wildman–Crippen MR) is 89.3 cm³/mol. The highest BCUT2D eigenvalue weighted by Gasteiger charge is 2.33. The number of nitrogens with one attached hydrogen (secondary N) is 1. The summed E-state index contributed by atoms with van der Waals surface area (Å²) in [7, 11) is 0. The van der Waals surface area contributed by atoms with Crippen molar-refractivity contribution >= 4 is 35.3 Å². The monoisotopic (exact) mass is 344 g/mol. The highest BCUT2D eigenvalue weighted by Crippen LogP contribution is 2.33. The highest BCUT2D eigenvalue weighted by molar-refractivity contribution is 7.94. The van der Waals surface area contributed by atoms with Gasteiger partial charge in [-0.05, 0) is 44.4 Å². The lowest BCUT2D eigenvalue weighted by atomic mass is 9.84. The molecule has 2 rings (SSSR count). The molecule has 4 N–H and O–H groups in total. The third-order valence-electron chi connectivity index (χ3n) is 3.77. The Bertz CT molecular complexity index is 530. The van der Waals surface area contributed by atoms with Crippen LogP contribution in [-0.2, 0) is 8.98 Å². The summed E-state index contributed by atoms with van der Waals surface area (Å²) in [5, 5.41) is 13.0. The molecule has 0 amide bonds. The fourth-order valence-electron chi connectivity index (χ4n) is 2.49. The lowest BCUT2D eigenvalue weighted by Gasteiger charge is -2.31. The second kappa shape index (κ2) is 8.06. The number of hydrogen-bond acceptors (Lipinski definition) is 5. The number of carboxylic acid groups (broad SMARTS) is 1. The van der Waals surface area contributed by atoms with Gasteiger partial charge in [-0.15, -0.1) is 0 Å². The number of benzene rings is 1. The van der Waals surface area contributed by atoms with Crippen molar-refractivity contribution in [2.45, 2.75) is 43.2 Å². The molecule has 122 valence electrons. The van der Waals surface area contributed by atoms with Crippen LogP contribution in [0.15, 0.2) is 23.1 Å². The molecule has 0 bridgehead atoms. The van der Waals surface area contributed by atoms with Crippen molar-refractivity contribution in [2.24, 2.45) is 11.7 Å². The van der Waals surface area contributed by atoms with Crippen LogP contribution < -0.4 is 11.1 Å². The van der Waals surface area contributed by atoms with Crippen molar-refractivity contribution in [3.63, 3.8) is 0 Å². The number of anilines is 1. The van der Waals surface area contributed by atoms with Crippen molar-refractivity contribution in [1.29, 1.82) is 0 Å². The lowest BCUT2D eigenvalue weighted by Crippen LogP contribution is -2.42. The molecule has 22 heavy (non-hydrogen) atoms. The number of carbonyl (C=O) groups is 1. The van der Waals surface area contributed by atoms with E-state index in [4.69, 9.17) is 26.6 Å². The molecule has 1 aliphatic carbocycles. The van der Waals surface area contributed by atoms with Gasteiger partial charge in [0.15, 0.2) is 0 Å². The third-order valence-corrected chi connectivity index (χ3v) is 4.88. The Hall–Kier alpha value is -0.950. The van der Waals surface area contributed by atoms with Crippen LogP contribution in [-0.4, -0.2) is 29.8 Å². The maximum absolute atomic E-state index is 11.1. The maximum Gasteiger partial charge on any atom is 0.306 e. The highest BCUT2D eigenvalue weighted by atomic mass is 35.5. The average Bonchev–Trinajstić information content (AvgIpc) is 2.49. The number of aliphatic carboxylic acids is 1. The number of rotatable bonds is 6. The molecule has 0 radical (unpaired) electrons. The molecule has 1 aliphatic rings. The van der Waals surface area contributed by atoms with E-state index in [0.29, 0.717) is 24.3 Å². The number of nitrogens with two attached hydrogens (primary N) is 1. The minimum atomic E-state index is -0.772. The van der Waals surface area contributed by atoms with Gasteiger partial charge >= 0.3 is 5.97 Å². The van der Waals surface area contributed by atoms with Crippen molar-refractivity contribution in [3.05, 3.63) is 23.2 Å². The quantitative estimate of drug-likeness (QED) is 0.686. The van der Waals surface area contributed by atoms with Gasteiger partial charge in [0.05, 0.1) is 22.7 Å². The van der Waals surface area contributed by atoms with E-state index in [9.17, 15) is 4.79 Å². The van der Waals surface area contributed by atoms with Crippen LogP contribution in [0.5, 0.6) is 0 Å². The first-order chi connectivity index (χ1) is 10.5. The molecular formula is C15H21ClN2O3S. The smallest absolute Gasteiger partial charge is 0.306 e. The summed E-state index contributed by atoms with van der Waals surface area (Å²) in [5.74, 6) is -1.14. The first-order valence-electron chi connectivity index (χ1n) is 7.36. The van der Waals surface area contributed by atoms with Crippen molar-refractivity contribution in [1.82, 2.24) is 0 Å². The largest absolute Gasteiger partial charge is 0.481 e. The van der Waals surface area contributed by atoms with Gasteiger partial charge in [0.25, 0.3) is 0 Å². The second-order valence-electron chi connectivity index (χ2n) is 5.40. The molecule has 1 saturated carbocycles. The predicted octanol–water partition coefficient (Wildman–Crippen LogP) is 3.38. The van der Waals surface area contributed by atoms with Gasteiger partial charge in [-0.1, -0.05) is 11.6 Å². The van der Waals surface area contributed by atoms with Crippen LogP contribution in [0, 0.1) is 5.92 Å². The molecule has 0 heterocycles. The molecular weight excluding hydrogens is 324 g/mol. The van der Waals surface area contributed by atoms with Gasteiger partial charge in [-0.25, -0.2) is 0 Å². The van der Waals surface area contributed by atoms with Gasteiger partial charge in [0.1, 0.15) is 0 Å². The molecule has 0 spiro atoms. The molecule has 0 saturated heterocycles. The van der Waals surface area contributed by atoms with Crippen LogP contribution in [0.1, 0.15) is 26.2 Å². The Kier molecular flexibility index (Phi) is 6.37. The summed E-state index contributed by atoms with van der Waals surface area (Å²) in [6.45, 7) is 2.78. The van der Waals surface area contributed by atoms with Crippen LogP contribution in [0.2, 0.25) is 5.02 Å². The first-order valence-corrected chi connectivity index (χ1v) is 8.48. The Morgan fingerprint density at radius 1 is 1.55 bits per heavy atom. The molecule has 0 aromatic heterocycles. The minimum absolute atomic E-state index is 0.122. The Balaban J connectivity index is 1.96. The van der Waals surface area contributed by atoms with E-state index in [1.54, 1.807) is 0 Å². The summed E-state index contributed by atoms with van der Waals surface area (Å²) in [6.07, 6.45) is 1.49. The topological polar surface area (TPSA) is 84.6 Å². The third kappa shape index (κ3) is 4.52. The average molecular weight is 345 g/mol. The normalized spacial score (nSPS) is 25.0. The molecule has 3 atom stereocenters. The zero-order chi connectivity index (χ0) is 16.1. The fourth-order valence-corrected chi connectivity index (χ4v) is 3.42. The van der Waals surface area contributed by atoms with E-state index in [1.165, 1.54) is 12.0 Å². The summed E-state index contributed by atoms with van der Waals surface area (Å²) in [5.41, 5.74) is 6.90. The lowest BCUT2D eigenvalue weighted by molar-refractivity contribution is -0.144. The first kappa shape index (κ1) is 17.4. The van der Waals surface area contributed by atoms with Gasteiger partial charge in [0.2, 0.25) is 0 Å². The number of carboxylic acids is 1. The Morgan fingerprint density at radius 2 is 2.32 bits per heavy atom. The van der Waals surface area contributed by atoms with Crippen LogP contribution in [0.25, 0.3) is 0 Å². The molecule has 1 aromatic rings. The molecule has 0 aliphatic heterocycles. The summed E-state index contributed by atoms with van der Waals surface area (Å²) in [4.78, 5) is 12.0. The fraction of sp³-hybridized carbons (Fsp3) is 0.533. The summed E-state index contributed by atoms with van der Waals surface area (Å²) >= 11 is 7.32. The van der Waals surface area contributed by atoms with Crippen molar-refractivity contribution in [3.8, 4) is 0 Å². The maximum atomic E-state index is 11.1. The SMILES string of the molecule is CCNc1cc(SOC2CC(C(=O)O)CCC2N)ccc1Cl. The number of halogens is 1. The van der Waals surface area contributed by atoms with E-state index in [-0.39, 0.29) is 18.1 Å². The van der Waals surface area contributed by atoms with Crippen molar-refractivity contribution in [2.75, 3.05) is 11.9 Å². The second-order valence-corrected chi connectivity index (χ2v) is 6.64. The van der Waals surface area contributed by atoms with Crippen LogP contribution in [0.3, 0.4) is 0 Å². The zero-order valence-electron chi connectivity index (χ0n) is 12.4. The van der Waals surface area contributed by atoms with Crippen LogP contribution in [0.4, 0.5) is 5.69 Å². The Morgan fingerprint density at radius 3 is 3.00 bits per heavy atom. The van der Waals surface area contributed by atoms with Crippen molar-refractivity contribution < 1.29 is 14.1 Å². The Labute approximate surface area is 139 Å². The standard InChI is InChI=1S/C15H21ClN2O3S/c1-2-18-13-8-10(4-5-11(13)16)22-21-14-7-9(15(19)20)3-6-12(14)17/h4-5,8-9,12,14,18H,2-3,6-7,17H2,1H3,(H,19,20). The van der Waals surface area contributed by atoms with Gasteiger partial charge in [0, 0.05) is 29.5 Å².